The molecule has 0 aliphatic rings. The van der Waals surface area contributed by atoms with Crippen LogP contribution in [0.1, 0.15) is 11.1 Å². The van der Waals surface area contributed by atoms with E-state index < -0.39 is 22.5 Å². The number of benzene rings is 3. The molecule has 3 aromatic rings. The smallest absolute Gasteiger partial charge is 0.255 e. The van der Waals surface area contributed by atoms with Crippen LogP contribution in [0.3, 0.4) is 0 Å². The van der Waals surface area contributed by atoms with Gasteiger partial charge < -0.3 is 0 Å². The Morgan fingerprint density at radius 3 is 2.29 bits per heavy atom. The Balaban J connectivity index is 1.79. The summed E-state index contributed by atoms with van der Waals surface area (Å²) in [6.07, 6.45) is 1.72. The van der Waals surface area contributed by atoms with Gasteiger partial charge in [0.25, 0.3) is 5.91 Å². The third-order valence-corrected chi connectivity index (χ3v) is 7.80. The average molecular weight is 559 g/mol. The third kappa shape index (κ3) is 7.18. The van der Waals surface area contributed by atoms with E-state index >= 15 is 0 Å². The van der Waals surface area contributed by atoms with Crippen molar-refractivity contribution in [1.29, 1.82) is 0 Å². The second-order valence-corrected chi connectivity index (χ2v) is 10.7. The lowest BCUT2D eigenvalue weighted by Gasteiger charge is -2.22. The number of carbonyl (C=O) groups excluding carboxylic acids is 1. The Morgan fingerprint density at radius 2 is 1.59 bits per heavy atom. The summed E-state index contributed by atoms with van der Waals surface area (Å²) in [7, 11) is -4.14. The summed E-state index contributed by atoms with van der Waals surface area (Å²) in [6, 6.07) is 18.3. The zero-order valence-corrected chi connectivity index (χ0v) is 21.4. The second-order valence-electron chi connectivity index (χ2n) is 7.11. The van der Waals surface area contributed by atoms with E-state index in [2.05, 4.69) is 10.5 Å². The van der Waals surface area contributed by atoms with Crippen LogP contribution in [0, 0.1) is 0 Å². The number of rotatable bonds is 9. The minimum Gasteiger partial charge on any atom is -0.272 e. The number of nitrogens with zero attached hydrogens (tertiary/aromatic N) is 2. The average Bonchev–Trinajstić information content (AvgIpc) is 2.80. The summed E-state index contributed by atoms with van der Waals surface area (Å²) in [6.45, 7) is -0.445. The Bertz CT molecular complexity index is 1300. The van der Waals surface area contributed by atoms with Gasteiger partial charge in [-0.25, -0.2) is 13.8 Å². The van der Waals surface area contributed by atoms with E-state index in [1.807, 2.05) is 30.3 Å². The largest absolute Gasteiger partial charge is 0.272 e. The van der Waals surface area contributed by atoms with Crippen LogP contribution in [0.15, 0.2) is 76.7 Å². The van der Waals surface area contributed by atoms with Gasteiger partial charge in [-0.2, -0.15) is 9.41 Å². The summed E-state index contributed by atoms with van der Waals surface area (Å²) in [5.41, 5.74) is 3.77. The summed E-state index contributed by atoms with van der Waals surface area (Å²) in [5, 5.41) is 4.90. The number of carbonyl (C=O) groups is 1. The molecule has 0 aliphatic carbocycles. The molecule has 0 radical (unpaired) electrons. The fourth-order valence-corrected chi connectivity index (χ4v) is 5.56. The van der Waals surface area contributed by atoms with E-state index in [4.69, 9.17) is 46.4 Å². The molecule has 0 atom stereocenters. The lowest BCUT2D eigenvalue weighted by Crippen LogP contribution is -2.40. The molecule has 0 saturated heterocycles. The lowest BCUT2D eigenvalue weighted by atomic mass is 10.1. The molecule has 3 rings (SSSR count). The molecule has 0 spiro atoms. The van der Waals surface area contributed by atoms with Crippen molar-refractivity contribution in [3.63, 3.8) is 0 Å². The summed E-state index contributed by atoms with van der Waals surface area (Å²) >= 11 is 24.1. The summed E-state index contributed by atoms with van der Waals surface area (Å²) in [4.78, 5) is 12.4. The van der Waals surface area contributed by atoms with Crippen molar-refractivity contribution in [1.82, 2.24) is 9.73 Å². The molecule has 0 heterocycles. The first-order chi connectivity index (χ1) is 16.2. The van der Waals surface area contributed by atoms with Gasteiger partial charge in [-0.15, -0.1) is 0 Å². The first kappa shape index (κ1) is 26.5. The first-order valence-electron chi connectivity index (χ1n) is 9.93. The molecule has 3 aromatic carbocycles. The van der Waals surface area contributed by atoms with E-state index in [9.17, 15) is 13.2 Å². The van der Waals surface area contributed by atoms with Crippen molar-refractivity contribution in [3.8, 4) is 0 Å². The van der Waals surface area contributed by atoms with Crippen molar-refractivity contribution in [2.45, 2.75) is 11.3 Å². The normalized spacial score (nSPS) is 11.8. The van der Waals surface area contributed by atoms with Crippen LogP contribution in [0.2, 0.25) is 20.1 Å². The number of hydrazone groups is 1. The molecular formula is C23H19Cl4N3O3S. The molecule has 0 aromatic heterocycles. The fourth-order valence-electron chi connectivity index (χ4n) is 2.97. The molecule has 34 heavy (non-hydrogen) atoms. The van der Waals surface area contributed by atoms with E-state index in [1.54, 1.807) is 18.2 Å². The molecule has 0 aliphatic heterocycles. The molecule has 1 N–H and O–H groups in total. The van der Waals surface area contributed by atoms with Gasteiger partial charge in [0, 0.05) is 22.2 Å². The highest BCUT2D eigenvalue weighted by Crippen LogP contribution is 2.28. The number of nitrogens with one attached hydrogen (secondary N) is 1. The minimum atomic E-state index is -4.14. The van der Waals surface area contributed by atoms with Gasteiger partial charge in [-0.05, 0) is 42.3 Å². The second kappa shape index (κ2) is 12.0. The van der Waals surface area contributed by atoms with Gasteiger partial charge >= 0.3 is 0 Å². The van der Waals surface area contributed by atoms with Gasteiger partial charge in [-0.3, -0.25) is 4.79 Å². The van der Waals surface area contributed by atoms with E-state index in [1.165, 1.54) is 24.4 Å². The maximum Gasteiger partial charge on any atom is 0.255 e. The molecule has 11 heteroatoms. The molecule has 0 saturated carbocycles. The zero-order chi connectivity index (χ0) is 24.7. The SMILES string of the molecule is O=C(CN(CCc1ccccc1)S(=O)(=O)c1cc(Cl)ccc1Cl)N/N=C\c1ccc(Cl)cc1Cl. The van der Waals surface area contributed by atoms with Crippen molar-refractivity contribution < 1.29 is 13.2 Å². The van der Waals surface area contributed by atoms with Crippen LogP contribution in [0.4, 0.5) is 0 Å². The Labute approximate surface area is 218 Å². The van der Waals surface area contributed by atoms with Crippen molar-refractivity contribution in [2.24, 2.45) is 5.10 Å². The zero-order valence-electron chi connectivity index (χ0n) is 17.6. The van der Waals surface area contributed by atoms with Crippen molar-refractivity contribution in [2.75, 3.05) is 13.1 Å². The number of amides is 1. The predicted octanol–water partition coefficient (Wildman–Crippen LogP) is 5.68. The molecule has 6 nitrogen and oxygen atoms in total. The van der Waals surface area contributed by atoms with Crippen LogP contribution in [0.5, 0.6) is 0 Å². The maximum absolute atomic E-state index is 13.4. The van der Waals surface area contributed by atoms with Gasteiger partial charge in [0.15, 0.2) is 0 Å². The topological polar surface area (TPSA) is 78.8 Å². The molecule has 0 bridgehead atoms. The van der Waals surface area contributed by atoms with Crippen LogP contribution in [-0.2, 0) is 21.2 Å². The highest BCUT2D eigenvalue weighted by atomic mass is 35.5. The monoisotopic (exact) mass is 557 g/mol. The van der Waals surface area contributed by atoms with Gasteiger partial charge in [0.1, 0.15) is 4.90 Å². The molecule has 0 fully saturated rings. The highest BCUT2D eigenvalue weighted by Gasteiger charge is 2.28. The van der Waals surface area contributed by atoms with Crippen molar-refractivity contribution >= 4 is 68.5 Å². The predicted molar refractivity (Wildman–Crippen MR) is 138 cm³/mol. The number of hydrogen-bond acceptors (Lipinski definition) is 4. The molecular weight excluding hydrogens is 540 g/mol. The van der Waals surface area contributed by atoms with Gasteiger partial charge in [0.2, 0.25) is 10.0 Å². The quantitative estimate of drug-likeness (QED) is 0.271. The van der Waals surface area contributed by atoms with E-state index in [-0.39, 0.29) is 21.5 Å². The summed E-state index contributed by atoms with van der Waals surface area (Å²) < 4.78 is 27.8. The van der Waals surface area contributed by atoms with E-state index in [0.717, 1.165) is 9.87 Å². The minimum absolute atomic E-state index is 0.00456. The van der Waals surface area contributed by atoms with E-state index in [0.29, 0.717) is 22.0 Å². The van der Waals surface area contributed by atoms with Crippen LogP contribution < -0.4 is 5.43 Å². The Hall–Kier alpha value is -2.13. The van der Waals surface area contributed by atoms with Crippen LogP contribution in [-0.4, -0.2) is 37.9 Å². The highest BCUT2D eigenvalue weighted by molar-refractivity contribution is 7.89. The fraction of sp³-hybridized carbons (Fsp3) is 0.130. The Morgan fingerprint density at radius 1 is 0.912 bits per heavy atom. The third-order valence-electron chi connectivity index (χ3n) is 4.68. The number of hydrogen-bond donors (Lipinski definition) is 1. The molecule has 1 amide bonds. The lowest BCUT2D eigenvalue weighted by molar-refractivity contribution is -0.121. The molecule has 178 valence electrons. The van der Waals surface area contributed by atoms with Gasteiger partial charge in [0.05, 0.1) is 22.8 Å². The Kier molecular flexibility index (Phi) is 9.36. The first-order valence-corrected chi connectivity index (χ1v) is 12.9. The summed E-state index contributed by atoms with van der Waals surface area (Å²) in [5.74, 6) is -0.642. The van der Waals surface area contributed by atoms with Crippen molar-refractivity contribution in [3.05, 3.63) is 97.9 Å². The standard InChI is InChI=1S/C23H19Cl4N3O3S/c24-18-7-6-17(21(27)12-18)14-28-29-23(31)15-30(11-10-16-4-2-1-3-5-16)34(32,33)22-13-19(25)8-9-20(22)26/h1-9,12-14H,10-11,15H2,(H,29,31)/b28-14-. The number of halogens is 4. The maximum atomic E-state index is 13.4. The van der Waals surface area contributed by atoms with Crippen LogP contribution in [0.25, 0.3) is 0 Å². The van der Waals surface area contributed by atoms with Gasteiger partial charge in [-0.1, -0.05) is 82.8 Å². The molecule has 0 unspecified atom stereocenters. The number of sulfonamides is 1. The van der Waals surface area contributed by atoms with Crippen LogP contribution >= 0.6 is 46.4 Å².